The molecule has 1 aromatic heterocycles. The summed E-state index contributed by atoms with van der Waals surface area (Å²) in [5.41, 5.74) is 5.83. The molecule has 1 aliphatic carbocycles. The van der Waals surface area contributed by atoms with Crippen LogP contribution in [0.25, 0.3) is 11.8 Å². The van der Waals surface area contributed by atoms with Gasteiger partial charge in [-0.2, -0.15) is 0 Å². The standard InChI is InChI=1S/C23H22FN3O/c1-15-11-17(7-9-21(15)27-13-16(2)25-14-27)8-10-22(28)26-23-19-6-4-3-5-18(19)12-20(23)24/h3-11,13-14,20,23H,12H2,1-2H3,(H,26,28)/b10-8+/t20-,23?/m0/s1. The predicted octanol–water partition coefficient (Wildman–Crippen LogP) is 4.25. The molecule has 4 nitrogen and oxygen atoms in total. The quantitative estimate of drug-likeness (QED) is 0.693. The fourth-order valence-electron chi connectivity index (χ4n) is 3.71. The lowest BCUT2D eigenvalue weighted by Gasteiger charge is -2.15. The smallest absolute Gasteiger partial charge is 0.244 e. The minimum absolute atomic E-state index is 0.295. The Labute approximate surface area is 163 Å². The highest BCUT2D eigenvalue weighted by molar-refractivity contribution is 5.92. The Hall–Kier alpha value is -3.21. The summed E-state index contributed by atoms with van der Waals surface area (Å²) in [4.78, 5) is 16.6. The highest BCUT2D eigenvalue weighted by Crippen LogP contribution is 2.33. The van der Waals surface area contributed by atoms with Crippen LogP contribution in [0.5, 0.6) is 0 Å². The Morgan fingerprint density at radius 2 is 2.07 bits per heavy atom. The Kier molecular flexibility index (Phi) is 4.82. The number of amides is 1. The molecule has 0 bridgehead atoms. The number of carbonyl (C=O) groups is 1. The van der Waals surface area contributed by atoms with Crippen molar-refractivity contribution in [2.45, 2.75) is 32.5 Å². The number of rotatable bonds is 4. The van der Waals surface area contributed by atoms with Crippen LogP contribution in [0, 0.1) is 13.8 Å². The summed E-state index contributed by atoms with van der Waals surface area (Å²) in [5, 5.41) is 2.80. The van der Waals surface area contributed by atoms with Crippen molar-refractivity contribution >= 4 is 12.0 Å². The number of aryl methyl sites for hydroxylation is 2. The number of imidazole rings is 1. The third-order valence-corrected chi connectivity index (χ3v) is 5.10. The molecule has 1 unspecified atom stereocenters. The van der Waals surface area contributed by atoms with Gasteiger partial charge in [-0.3, -0.25) is 4.79 Å². The molecule has 1 amide bonds. The molecule has 3 aromatic rings. The van der Waals surface area contributed by atoms with Crippen LogP contribution in [-0.4, -0.2) is 21.6 Å². The minimum Gasteiger partial charge on any atom is -0.343 e. The second kappa shape index (κ2) is 7.43. The van der Waals surface area contributed by atoms with Crippen LogP contribution in [0.1, 0.15) is 34.0 Å². The fourth-order valence-corrected chi connectivity index (χ4v) is 3.71. The molecule has 1 heterocycles. The molecule has 5 heteroatoms. The lowest BCUT2D eigenvalue weighted by atomic mass is 10.1. The number of hydrogen-bond donors (Lipinski definition) is 1. The van der Waals surface area contributed by atoms with Crippen molar-refractivity contribution < 1.29 is 9.18 Å². The van der Waals surface area contributed by atoms with Crippen LogP contribution in [0.4, 0.5) is 4.39 Å². The SMILES string of the molecule is Cc1cn(-c2ccc(/C=C/C(=O)NC3c4ccccc4C[C@@H]3F)cc2C)cn1. The predicted molar refractivity (Wildman–Crippen MR) is 108 cm³/mol. The largest absolute Gasteiger partial charge is 0.343 e. The molecule has 0 saturated heterocycles. The maximum Gasteiger partial charge on any atom is 0.244 e. The van der Waals surface area contributed by atoms with Gasteiger partial charge < -0.3 is 9.88 Å². The van der Waals surface area contributed by atoms with Gasteiger partial charge in [-0.25, -0.2) is 9.37 Å². The molecular weight excluding hydrogens is 353 g/mol. The molecule has 4 rings (SSSR count). The third kappa shape index (κ3) is 3.60. The minimum atomic E-state index is -1.09. The monoisotopic (exact) mass is 375 g/mol. The van der Waals surface area contributed by atoms with Gasteiger partial charge in [0.15, 0.2) is 0 Å². The number of nitrogens with one attached hydrogen (secondary N) is 1. The number of aromatic nitrogens is 2. The molecule has 28 heavy (non-hydrogen) atoms. The van der Waals surface area contributed by atoms with E-state index in [9.17, 15) is 9.18 Å². The maximum absolute atomic E-state index is 14.3. The van der Waals surface area contributed by atoms with Crippen LogP contribution in [0.3, 0.4) is 0 Å². The van der Waals surface area contributed by atoms with E-state index in [4.69, 9.17) is 0 Å². The van der Waals surface area contributed by atoms with Gasteiger partial charge in [-0.15, -0.1) is 0 Å². The van der Waals surface area contributed by atoms with Gasteiger partial charge in [-0.1, -0.05) is 30.3 Å². The number of benzene rings is 2. The summed E-state index contributed by atoms with van der Waals surface area (Å²) in [5.74, 6) is -0.295. The van der Waals surface area contributed by atoms with Gasteiger partial charge in [0.25, 0.3) is 0 Å². The van der Waals surface area contributed by atoms with Gasteiger partial charge in [0.1, 0.15) is 6.17 Å². The van der Waals surface area contributed by atoms with Gasteiger partial charge in [0.2, 0.25) is 5.91 Å². The molecule has 2 aromatic carbocycles. The van der Waals surface area contributed by atoms with Crippen LogP contribution in [-0.2, 0) is 11.2 Å². The Bertz CT molecular complexity index is 1050. The highest BCUT2D eigenvalue weighted by atomic mass is 19.1. The van der Waals surface area contributed by atoms with E-state index in [1.54, 1.807) is 12.4 Å². The van der Waals surface area contributed by atoms with Crippen LogP contribution >= 0.6 is 0 Å². The fraction of sp³-hybridized carbons (Fsp3) is 0.217. The molecule has 0 radical (unpaired) electrons. The van der Waals surface area contributed by atoms with Crippen molar-refractivity contribution in [3.05, 3.63) is 89.0 Å². The van der Waals surface area contributed by atoms with Gasteiger partial charge in [0, 0.05) is 24.4 Å². The number of carbonyl (C=O) groups excluding carboxylic acids is 1. The van der Waals surface area contributed by atoms with Crippen molar-refractivity contribution in [3.8, 4) is 5.69 Å². The Morgan fingerprint density at radius 1 is 1.25 bits per heavy atom. The zero-order valence-corrected chi connectivity index (χ0v) is 15.9. The number of halogens is 1. The second-order valence-electron chi connectivity index (χ2n) is 7.21. The summed E-state index contributed by atoms with van der Waals surface area (Å²) in [7, 11) is 0. The molecular formula is C23H22FN3O. The summed E-state index contributed by atoms with van der Waals surface area (Å²) in [6.45, 7) is 3.97. The maximum atomic E-state index is 14.3. The van der Waals surface area contributed by atoms with Crippen molar-refractivity contribution in [2.24, 2.45) is 0 Å². The molecule has 0 spiro atoms. The normalized spacial score (nSPS) is 18.4. The number of alkyl halides is 1. The average Bonchev–Trinajstić information content (AvgIpc) is 3.23. The van der Waals surface area contributed by atoms with Crippen LogP contribution in [0.2, 0.25) is 0 Å². The van der Waals surface area contributed by atoms with E-state index in [0.717, 1.165) is 33.6 Å². The highest BCUT2D eigenvalue weighted by Gasteiger charge is 2.32. The second-order valence-corrected chi connectivity index (χ2v) is 7.21. The molecule has 0 aliphatic heterocycles. The van der Waals surface area contributed by atoms with E-state index in [2.05, 4.69) is 10.3 Å². The number of hydrogen-bond acceptors (Lipinski definition) is 2. The van der Waals surface area contributed by atoms with E-state index in [1.807, 2.05) is 67.1 Å². The number of nitrogens with zero attached hydrogens (tertiary/aromatic N) is 2. The Balaban J connectivity index is 1.46. The van der Waals surface area contributed by atoms with E-state index in [1.165, 1.54) is 6.08 Å². The van der Waals surface area contributed by atoms with Gasteiger partial charge in [0.05, 0.1) is 18.1 Å². The van der Waals surface area contributed by atoms with E-state index >= 15 is 0 Å². The summed E-state index contributed by atoms with van der Waals surface area (Å²) in [6.07, 6.45) is 6.23. The molecule has 1 aliphatic rings. The van der Waals surface area contributed by atoms with Crippen molar-refractivity contribution in [1.29, 1.82) is 0 Å². The molecule has 142 valence electrons. The lowest BCUT2D eigenvalue weighted by molar-refractivity contribution is -0.117. The van der Waals surface area contributed by atoms with E-state index in [0.29, 0.717) is 6.42 Å². The topological polar surface area (TPSA) is 46.9 Å². The molecule has 1 N–H and O–H groups in total. The molecule has 0 fully saturated rings. The van der Waals surface area contributed by atoms with Crippen LogP contribution in [0.15, 0.2) is 61.1 Å². The first-order valence-electron chi connectivity index (χ1n) is 9.33. The first-order chi connectivity index (χ1) is 13.5. The average molecular weight is 375 g/mol. The van der Waals surface area contributed by atoms with Crippen LogP contribution < -0.4 is 5.32 Å². The van der Waals surface area contributed by atoms with Crippen molar-refractivity contribution in [2.75, 3.05) is 0 Å². The summed E-state index contributed by atoms with van der Waals surface area (Å²) < 4.78 is 16.3. The summed E-state index contributed by atoms with van der Waals surface area (Å²) in [6, 6.07) is 12.9. The van der Waals surface area contributed by atoms with Gasteiger partial charge >= 0.3 is 0 Å². The number of fused-ring (bicyclic) bond motifs is 1. The zero-order chi connectivity index (χ0) is 19.7. The third-order valence-electron chi connectivity index (χ3n) is 5.10. The molecule has 2 atom stereocenters. The zero-order valence-electron chi connectivity index (χ0n) is 15.9. The first kappa shape index (κ1) is 18.2. The van der Waals surface area contributed by atoms with Crippen molar-refractivity contribution in [3.63, 3.8) is 0 Å². The Morgan fingerprint density at radius 3 is 2.82 bits per heavy atom. The molecule has 0 saturated carbocycles. The lowest BCUT2D eigenvalue weighted by Crippen LogP contribution is -2.30. The first-order valence-corrected chi connectivity index (χ1v) is 9.33. The van der Waals surface area contributed by atoms with Gasteiger partial charge in [-0.05, 0) is 54.3 Å². The van der Waals surface area contributed by atoms with Crippen molar-refractivity contribution in [1.82, 2.24) is 14.9 Å². The van der Waals surface area contributed by atoms with E-state index < -0.39 is 12.2 Å². The summed E-state index contributed by atoms with van der Waals surface area (Å²) >= 11 is 0. The van der Waals surface area contributed by atoms with E-state index in [-0.39, 0.29) is 5.91 Å².